The number of nitrogens with two attached hydrogens (primary N) is 1. The van der Waals surface area contributed by atoms with Gasteiger partial charge >= 0.3 is 23.5 Å². The molecule has 35 heavy (non-hydrogen) atoms. The SMILES string of the molecule is CSSCO[C@H]1C[C@H](n2ccc3c(=O)[nH]c(N)nc32)O[C@@H]1COP(=O)(O)OP(=O)(O)OP(=O)(O)O. The number of phosphoric acid groups is 3. The molecule has 0 radical (unpaired) electrons. The molecule has 0 amide bonds. The average Bonchev–Trinajstić information content (AvgIpc) is 3.28. The van der Waals surface area contributed by atoms with Gasteiger partial charge in [-0.2, -0.15) is 13.6 Å². The van der Waals surface area contributed by atoms with Crippen LogP contribution in [-0.4, -0.2) is 65.1 Å². The predicted octanol–water partition coefficient (Wildman–Crippen LogP) is 1.29. The van der Waals surface area contributed by atoms with Gasteiger partial charge in [0.2, 0.25) is 5.95 Å². The summed E-state index contributed by atoms with van der Waals surface area (Å²) in [6.07, 6.45) is 1.08. The summed E-state index contributed by atoms with van der Waals surface area (Å²) in [5, 5.41) is 0.245. The maximum absolute atomic E-state index is 12.1. The zero-order valence-electron chi connectivity index (χ0n) is 17.6. The highest BCUT2D eigenvalue weighted by molar-refractivity contribution is 8.76. The van der Waals surface area contributed by atoms with E-state index in [0.29, 0.717) is 0 Å². The second-order valence-corrected chi connectivity index (χ2v) is 13.7. The molecule has 5 atom stereocenters. The van der Waals surface area contributed by atoms with Gasteiger partial charge in [-0.25, -0.2) is 13.7 Å². The van der Waals surface area contributed by atoms with Crippen molar-refractivity contribution in [3.05, 3.63) is 22.6 Å². The number of hydrogen-bond acceptors (Lipinski definition) is 13. The summed E-state index contributed by atoms with van der Waals surface area (Å²) in [6.45, 7) is -0.690. The maximum atomic E-state index is 12.1. The first kappa shape index (κ1) is 28.8. The van der Waals surface area contributed by atoms with Gasteiger partial charge in [0.1, 0.15) is 18.3 Å². The van der Waals surface area contributed by atoms with Gasteiger partial charge < -0.3 is 39.3 Å². The fraction of sp³-hybridized carbons (Fsp3) is 0.538. The Morgan fingerprint density at radius 2 is 1.97 bits per heavy atom. The molecule has 22 heteroatoms. The fourth-order valence-corrected chi connectivity index (χ4v) is 6.93. The Hall–Kier alpha value is -0.750. The van der Waals surface area contributed by atoms with Crippen molar-refractivity contribution in [1.29, 1.82) is 0 Å². The summed E-state index contributed by atoms with van der Waals surface area (Å²) >= 11 is 0. The average molecular weight is 598 g/mol. The van der Waals surface area contributed by atoms with Gasteiger partial charge in [-0.05, 0) is 12.3 Å². The molecule has 0 aliphatic carbocycles. The van der Waals surface area contributed by atoms with E-state index in [0.717, 1.165) is 0 Å². The van der Waals surface area contributed by atoms with Crippen molar-refractivity contribution in [2.75, 3.05) is 24.5 Å². The first-order chi connectivity index (χ1) is 16.2. The third-order valence-electron chi connectivity index (χ3n) is 4.36. The smallest absolute Gasteiger partial charge is 0.369 e. The molecule has 0 bridgehead atoms. The van der Waals surface area contributed by atoms with Crippen molar-refractivity contribution in [2.45, 2.75) is 24.9 Å². The van der Waals surface area contributed by atoms with Gasteiger partial charge in [0.15, 0.2) is 5.65 Å². The summed E-state index contributed by atoms with van der Waals surface area (Å²) in [7, 11) is -13.7. The second-order valence-electron chi connectivity index (χ2n) is 6.77. The van der Waals surface area contributed by atoms with E-state index in [2.05, 4.69) is 18.6 Å². The Balaban J connectivity index is 1.75. The minimum absolute atomic E-state index is 0.117. The molecule has 0 spiro atoms. The van der Waals surface area contributed by atoms with E-state index in [4.69, 9.17) is 29.5 Å². The minimum atomic E-state index is -5.66. The largest absolute Gasteiger partial charge is 0.490 e. The quantitative estimate of drug-likeness (QED) is 0.0870. The van der Waals surface area contributed by atoms with E-state index in [1.54, 1.807) is 0 Å². The maximum Gasteiger partial charge on any atom is 0.490 e. The van der Waals surface area contributed by atoms with E-state index < -0.39 is 54.1 Å². The normalized spacial score (nSPS) is 24.4. The van der Waals surface area contributed by atoms with Crippen molar-refractivity contribution in [3.63, 3.8) is 0 Å². The highest BCUT2D eigenvalue weighted by atomic mass is 33.1. The Kier molecular flexibility index (Phi) is 9.33. The van der Waals surface area contributed by atoms with Crippen molar-refractivity contribution in [2.24, 2.45) is 0 Å². The van der Waals surface area contributed by atoms with Gasteiger partial charge in [-0.3, -0.25) is 14.3 Å². The number of nitrogens with zero attached hydrogens (tertiary/aromatic N) is 2. The molecule has 0 aromatic carbocycles. The predicted molar refractivity (Wildman–Crippen MR) is 124 cm³/mol. The Labute approximate surface area is 204 Å². The number of nitrogens with one attached hydrogen (secondary N) is 1. The number of anilines is 1. The fourth-order valence-electron chi connectivity index (χ4n) is 3.12. The molecule has 1 aliphatic rings. The number of aromatic amines is 1. The van der Waals surface area contributed by atoms with Crippen LogP contribution in [0.5, 0.6) is 0 Å². The molecule has 3 rings (SSSR count). The Morgan fingerprint density at radius 3 is 2.63 bits per heavy atom. The van der Waals surface area contributed by atoms with E-state index in [9.17, 15) is 28.3 Å². The molecule has 2 unspecified atom stereocenters. The van der Waals surface area contributed by atoms with Crippen LogP contribution in [0.3, 0.4) is 0 Å². The lowest BCUT2D eigenvalue weighted by atomic mass is 10.2. The molecule has 198 valence electrons. The topological polar surface area (TPSA) is 255 Å². The first-order valence-electron chi connectivity index (χ1n) is 9.27. The van der Waals surface area contributed by atoms with Crippen LogP contribution in [-0.2, 0) is 36.3 Å². The summed E-state index contributed by atoms with van der Waals surface area (Å²) in [6, 6.07) is 1.50. The molecule has 2 aromatic heterocycles. The highest BCUT2D eigenvalue weighted by Gasteiger charge is 2.43. The number of fused-ring (bicyclic) bond motifs is 1. The number of rotatable bonds is 12. The van der Waals surface area contributed by atoms with E-state index in [1.807, 2.05) is 6.26 Å². The standard InChI is InChI=1S/C13H21N4O13P3S2/c1-34-35-6-26-8-4-10(17-3-2-7-11(17)15-13(14)16-12(7)18)28-9(8)5-27-32(22,23)30-33(24,25)29-31(19,20)21/h2-3,8-10H,4-6H2,1H3,(H,22,23)(H,24,25)(H2,19,20,21)(H3,14,15,16,18)/t8-,9+,10+/m0/s1. The van der Waals surface area contributed by atoms with Gasteiger partial charge in [0.05, 0.1) is 18.1 Å². The Bertz CT molecular complexity index is 1250. The van der Waals surface area contributed by atoms with Crippen LogP contribution < -0.4 is 11.3 Å². The van der Waals surface area contributed by atoms with Crippen LogP contribution in [0.2, 0.25) is 0 Å². The first-order valence-corrected chi connectivity index (χ1v) is 16.5. The van der Waals surface area contributed by atoms with Gasteiger partial charge in [0.25, 0.3) is 5.56 Å². The third-order valence-corrected chi connectivity index (χ3v) is 9.62. The molecular formula is C13H21N4O13P3S2. The molecule has 1 fully saturated rings. The minimum Gasteiger partial charge on any atom is -0.369 e. The summed E-state index contributed by atoms with van der Waals surface area (Å²) in [4.78, 5) is 54.8. The van der Waals surface area contributed by atoms with Crippen LogP contribution >= 0.6 is 45.1 Å². The zero-order valence-corrected chi connectivity index (χ0v) is 21.9. The lowest BCUT2D eigenvalue weighted by Crippen LogP contribution is -2.28. The highest BCUT2D eigenvalue weighted by Crippen LogP contribution is 2.66. The van der Waals surface area contributed by atoms with Crippen LogP contribution in [0.1, 0.15) is 12.6 Å². The van der Waals surface area contributed by atoms with Gasteiger partial charge in [-0.1, -0.05) is 21.6 Å². The number of nitrogen functional groups attached to an aromatic ring is 1. The van der Waals surface area contributed by atoms with Crippen molar-refractivity contribution < 1.29 is 55.9 Å². The monoisotopic (exact) mass is 598 g/mol. The molecule has 7 N–H and O–H groups in total. The lowest BCUT2D eigenvalue weighted by molar-refractivity contribution is -0.0520. The lowest BCUT2D eigenvalue weighted by Gasteiger charge is -2.21. The molecule has 2 aromatic rings. The van der Waals surface area contributed by atoms with E-state index >= 15 is 0 Å². The second kappa shape index (κ2) is 11.3. The molecule has 17 nitrogen and oxygen atoms in total. The number of hydrogen-bond donors (Lipinski definition) is 6. The van der Waals surface area contributed by atoms with E-state index in [1.165, 1.54) is 38.4 Å². The summed E-state index contributed by atoms with van der Waals surface area (Å²) < 4.78 is 59.6. The van der Waals surface area contributed by atoms with Crippen LogP contribution in [0.25, 0.3) is 11.0 Å². The molecule has 3 heterocycles. The number of phosphoric ester groups is 1. The van der Waals surface area contributed by atoms with Gasteiger partial charge in [-0.15, -0.1) is 0 Å². The van der Waals surface area contributed by atoms with Crippen molar-refractivity contribution in [1.82, 2.24) is 14.5 Å². The number of ether oxygens (including phenoxy) is 2. The molecular weight excluding hydrogens is 577 g/mol. The molecule has 1 saturated heterocycles. The van der Waals surface area contributed by atoms with Crippen molar-refractivity contribution in [3.8, 4) is 0 Å². The number of H-pyrrole nitrogens is 1. The third kappa shape index (κ3) is 8.12. The molecule has 1 aliphatic heterocycles. The zero-order chi connectivity index (χ0) is 26.0. The summed E-state index contributed by atoms with van der Waals surface area (Å²) in [5.41, 5.74) is 5.39. The van der Waals surface area contributed by atoms with E-state index in [-0.39, 0.29) is 29.3 Å². The summed E-state index contributed by atoms with van der Waals surface area (Å²) in [5.74, 6) is 0.0964. The van der Waals surface area contributed by atoms with Gasteiger partial charge in [0, 0.05) is 12.6 Å². The Morgan fingerprint density at radius 1 is 1.26 bits per heavy atom. The molecule has 0 saturated carbocycles. The van der Waals surface area contributed by atoms with Crippen LogP contribution in [0.15, 0.2) is 17.1 Å². The number of aromatic nitrogens is 3. The van der Waals surface area contributed by atoms with Crippen molar-refractivity contribution >= 4 is 62.0 Å². The van der Waals surface area contributed by atoms with Crippen LogP contribution in [0, 0.1) is 0 Å². The van der Waals surface area contributed by atoms with Crippen LogP contribution in [0.4, 0.5) is 5.95 Å².